The molecule has 2 rings (SSSR count). The van der Waals surface area contributed by atoms with Crippen molar-refractivity contribution in [3.05, 3.63) is 47.0 Å². The number of imidazole rings is 1. The van der Waals surface area contributed by atoms with E-state index in [9.17, 15) is 0 Å². The number of nitrogens with zero attached hydrogens (tertiary/aromatic N) is 2. The number of aromatic nitrogens is 2. The Morgan fingerprint density at radius 2 is 2.27 bits per heavy atom. The molecule has 1 heterocycles. The molecule has 3 nitrogen and oxygen atoms in total. The molecule has 0 unspecified atom stereocenters. The average molecular weight is 222 g/mol. The maximum absolute atomic E-state index is 5.94. The molecule has 0 atom stereocenters. The topological polar surface area (TPSA) is 43.8 Å². The third-order valence-electron chi connectivity index (χ3n) is 2.26. The van der Waals surface area contributed by atoms with Crippen molar-refractivity contribution in [2.24, 2.45) is 5.73 Å². The van der Waals surface area contributed by atoms with Crippen molar-refractivity contribution in [1.82, 2.24) is 9.55 Å². The van der Waals surface area contributed by atoms with E-state index in [1.807, 2.05) is 42.0 Å². The van der Waals surface area contributed by atoms with Crippen LogP contribution in [-0.4, -0.2) is 9.55 Å². The molecule has 78 valence electrons. The van der Waals surface area contributed by atoms with Crippen LogP contribution < -0.4 is 5.73 Å². The highest BCUT2D eigenvalue weighted by Gasteiger charge is 2.07. The summed E-state index contributed by atoms with van der Waals surface area (Å²) in [5.41, 5.74) is 7.67. The van der Waals surface area contributed by atoms with Crippen LogP contribution >= 0.6 is 11.6 Å². The van der Waals surface area contributed by atoms with Gasteiger partial charge in [0.1, 0.15) is 5.82 Å². The Morgan fingerprint density at radius 3 is 2.93 bits per heavy atom. The summed E-state index contributed by atoms with van der Waals surface area (Å²) in [5.74, 6) is 0.842. The Labute approximate surface area is 93.5 Å². The minimum Gasteiger partial charge on any atom is -0.324 e. The summed E-state index contributed by atoms with van der Waals surface area (Å²) < 4.78 is 2.01. The van der Waals surface area contributed by atoms with Crippen LogP contribution in [0.3, 0.4) is 0 Å². The normalized spacial score (nSPS) is 10.6. The fourth-order valence-electron chi connectivity index (χ4n) is 1.60. The molecule has 0 fully saturated rings. The van der Waals surface area contributed by atoms with E-state index in [0.717, 1.165) is 17.2 Å². The van der Waals surface area contributed by atoms with E-state index in [2.05, 4.69) is 4.98 Å². The van der Waals surface area contributed by atoms with Crippen molar-refractivity contribution in [2.75, 3.05) is 0 Å². The monoisotopic (exact) mass is 221 g/mol. The number of rotatable bonds is 2. The minimum atomic E-state index is 0.417. The van der Waals surface area contributed by atoms with Crippen molar-refractivity contribution in [3.8, 4) is 5.69 Å². The van der Waals surface area contributed by atoms with Gasteiger partial charge < -0.3 is 5.73 Å². The molecule has 0 bridgehead atoms. The van der Waals surface area contributed by atoms with E-state index in [1.165, 1.54) is 0 Å². The molecule has 0 amide bonds. The standard InChI is InChI=1S/C11H12ClN3/c1-8-7-14-11(6-13)15(8)10-4-2-3-9(12)5-10/h2-5,7H,6,13H2,1H3. The van der Waals surface area contributed by atoms with E-state index in [-0.39, 0.29) is 0 Å². The van der Waals surface area contributed by atoms with E-state index in [0.29, 0.717) is 11.6 Å². The van der Waals surface area contributed by atoms with E-state index >= 15 is 0 Å². The molecule has 2 N–H and O–H groups in total. The van der Waals surface area contributed by atoms with Gasteiger partial charge in [0.25, 0.3) is 0 Å². The fourth-order valence-corrected chi connectivity index (χ4v) is 1.78. The van der Waals surface area contributed by atoms with Crippen molar-refractivity contribution >= 4 is 11.6 Å². The summed E-state index contributed by atoms with van der Waals surface area (Å²) in [6, 6.07) is 7.64. The quantitative estimate of drug-likeness (QED) is 0.846. The molecule has 0 spiro atoms. The second-order valence-corrected chi connectivity index (χ2v) is 3.77. The first-order valence-corrected chi connectivity index (χ1v) is 5.09. The minimum absolute atomic E-state index is 0.417. The molecule has 0 saturated carbocycles. The number of benzene rings is 1. The molecule has 1 aromatic heterocycles. The Balaban J connectivity index is 2.57. The number of aryl methyl sites for hydroxylation is 1. The second-order valence-electron chi connectivity index (χ2n) is 3.34. The highest BCUT2D eigenvalue weighted by molar-refractivity contribution is 6.30. The first-order chi connectivity index (χ1) is 7.22. The maximum atomic E-state index is 5.94. The first-order valence-electron chi connectivity index (χ1n) is 4.71. The van der Waals surface area contributed by atoms with Crippen molar-refractivity contribution < 1.29 is 0 Å². The zero-order valence-electron chi connectivity index (χ0n) is 8.44. The summed E-state index contributed by atoms with van der Waals surface area (Å²) in [7, 11) is 0. The van der Waals surface area contributed by atoms with Crippen LogP contribution in [0.1, 0.15) is 11.5 Å². The molecule has 0 aliphatic heterocycles. The Morgan fingerprint density at radius 1 is 1.47 bits per heavy atom. The van der Waals surface area contributed by atoms with Crippen LogP contribution in [0.4, 0.5) is 0 Å². The van der Waals surface area contributed by atoms with Gasteiger partial charge in [-0.1, -0.05) is 17.7 Å². The van der Waals surface area contributed by atoms with Crippen LogP contribution in [-0.2, 0) is 6.54 Å². The Hall–Kier alpha value is -1.32. The third-order valence-corrected chi connectivity index (χ3v) is 2.50. The number of hydrogen-bond donors (Lipinski definition) is 1. The van der Waals surface area contributed by atoms with Crippen LogP contribution in [0.15, 0.2) is 30.5 Å². The van der Waals surface area contributed by atoms with Gasteiger partial charge >= 0.3 is 0 Å². The van der Waals surface area contributed by atoms with Crippen LogP contribution in [0.25, 0.3) is 5.69 Å². The van der Waals surface area contributed by atoms with Crippen LogP contribution in [0, 0.1) is 6.92 Å². The van der Waals surface area contributed by atoms with Gasteiger partial charge in [-0.25, -0.2) is 4.98 Å². The lowest BCUT2D eigenvalue weighted by atomic mass is 10.3. The van der Waals surface area contributed by atoms with E-state index in [1.54, 1.807) is 0 Å². The summed E-state index contributed by atoms with van der Waals surface area (Å²) in [6.45, 7) is 2.41. The van der Waals surface area contributed by atoms with Crippen molar-refractivity contribution in [2.45, 2.75) is 13.5 Å². The fraction of sp³-hybridized carbons (Fsp3) is 0.182. The predicted octanol–water partition coefficient (Wildman–Crippen LogP) is 2.29. The lowest BCUT2D eigenvalue weighted by Crippen LogP contribution is -2.07. The number of hydrogen-bond acceptors (Lipinski definition) is 2. The average Bonchev–Trinajstić information content (AvgIpc) is 2.59. The molecule has 0 saturated heterocycles. The van der Waals surface area contributed by atoms with Gasteiger partial charge in [-0.3, -0.25) is 4.57 Å². The molecular weight excluding hydrogens is 210 g/mol. The van der Waals surface area contributed by atoms with Gasteiger partial charge in [0, 0.05) is 22.6 Å². The molecular formula is C11H12ClN3. The Bertz CT molecular complexity index is 476. The molecule has 2 aromatic rings. The lowest BCUT2D eigenvalue weighted by Gasteiger charge is -2.09. The Kier molecular flexibility index (Phi) is 2.75. The lowest BCUT2D eigenvalue weighted by molar-refractivity contribution is 0.852. The zero-order chi connectivity index (χ0) is 10.8. The van der Waals surface area contributed by atoms with Gasteiger partial charge in [-0.05, 0) is 25.1 Å². The molecule has 0 aliphatic rings. The number of nitrogens with two attached hydrogens (primary N) is 1. The molecule has 4 heteroatoms. The van der Waals surface area contributed by atoms with Gasteiger partial charge in [0.2, 0.25) is 0 Å². The molecule has 0 aliphatic carbocycles. The zero-order valence-corrected chi connectivity index (χ0v) is 9.20. The van der Waals surface area contributed by atoms with Gasteiger partial charge in [0.15, 0.2) is 0 Å². The van der Waals surface area contributed by atoms with Gasteiger partial charge in [-0.15, -0.1) is 0 Å². The smallest absolute Gasteiger partial charge is 0.127 e. The number of halogens is 1. The maximum Gasteiger partial charge on any atom is 0.127 e. The molecule has 0 radical (unpaired) electrons. The summed E-state index contributed by atoms with van der Waals surface area (Å²) in [5, 5.41) is 0.712. The highest BCUT2D eigenvalue weighted by atomic mass is 35.5. The van der Waals surface area contributed by atoms with E-state index in [4.69, 9.17) is 17.3 Å². The third kappa shape index (κ3) is 1.89. The van der Waals surface area contributed by atoms with Crippen molar-refractivity contribution in [3.63, 3.8) is 0 Å². The van der Waals surface area contributed by atoms with Crippen LogP contribution in [0.5, 0.6) is 0 Å². The summed E-state index contributed by atoms with van der Waals surface area (Å²) in [4.78, 5) is 4.24. The van der Waals surface area contributed by atoms with Gasteiger partial charge in [-0.2, -0.15) is 0 Å². The SMILES string of the molecule is Cc1cnc(CN)n1-c1cccc(Cl)c1. The molecule has 1 aromatic carbocycles. The van der Waals surface area contributed by atoms with E-state index < -0.39 is 0 Å². The highest BCUT2D eigenvalue weighted by Crippen LogP contribution is 2.18. The first kappa shape index (κ1) is 10.2. The largest absolute Gasteiger partial charge is 0.324 e. The van der Waals surface area contributed by atoms with Crippen molar-refractivity contribution in [1.29, 1.82) is 0 Å². The van der Waals surface area contributed by atoms with Gasteiger partial charge in [0.05, 0.1) is 6.54 Å². The second kappa shape index (κ2) is 4.04. The summed E-state index contributed by atoms with van der Waals surface area (Å²) in [6.07, 6.45) is 1.81. The molecule has 15 heavy (non-hydrogen) atoms. The predicted molar refractivity (Wildman–Crippen MR) is 61.2 cm³/mol. The van der Waals surface area contributed by atoms with Crippen LogP contribution in [0.2, 0.25) is 5.02 Å². The summed E-state index contributed by atoms with van der Waals surface area (Å²) >= 11 is 5.94.